The van der Waals surface area contributed by atoms with Gasteiger partial charge in [0.05, 0.1) is 19.8 Å². The minimum atomic E-state index is -0.304. The maximum atomic E-state index is 12.7. The zero-order valence-corrected chi connectivity index (χ0v) is 19.7. The molecule has 4 rings (SSSR count). The highest BCUT2D eigenvalue weighted by Gasteiger charge is 2.48. The fraction of sp³-hybridized carbons (Fsp3) is 0.625. The van der Waals surface area contributed by atoms with Gasteiger partial charge < -0.3 is 25.0 Å². The first-order valence-corrected chi connectivity index (χ1v) is 11.8. The Morgan fingerprint density at radius 3 is 2.44 bits per heavy atom. The molecule has 34 heavy (non-hydrogen) atoms. The second kappa shape index (κ2) is 15.3. The molecule has 1 amide bonds. The van der Waals surface area contributed by atoms with Gasteiger partial charge in [0.2, 0.25) is 5.91 Å². The van der Waals surface area contributed by atoms with Gasteiger partial charge in [0, 0.05) is 38.3 Å². The van der Waals surface area contributed by atoms with E-state index in [2.05, 4.69) is 33.3 Å². The third-order valence-electron chi connectivity index (χ3n) is 6.41. The molecule has 1 unspecified atom stereocenters. The smallest absolute Gasteiger partial charge is 0.290 e. The summed E-state index contributed by atoms with van der Waals surface area (Å²) in [6.07, 6.45) is 5.13. The van der Waals surface area contributed by atoms with Crippen LogP contribution in [0, 0.1) is 0 Å². The molecule has 1 aromatic rings. The number of para-hydroxylation sites is 1. The Labute approximate surface area is 200 Å². The van der Waals surface area contributed by atoms with E-state index >= 15 is 0 Å². The van der Waals surface area contributed by atoms with Gasteiger partial charge in [-0.05, 0) is 44.7 Å². The van der Waals surface area contributed by atoms with Gasteiger partial charge in [0.15, 0.2) is 0 Å². The third-order valence-corrected chi connectivity index (χ3v) is 6.41. The standard InChI is InChI=1S/C22H33N3O3.2CH2O2/c26-21-22(8-3-10-23-21)9-4-12-25(22)18-19-6-1-2-7-20(19)28-15-5-11-24-13-16-27-17-14-24;2*2-1-3/h1-2,6-7H,3-5,8-18H2,(H,23,26);2*1H,(H,2,3). The Morgan fingerprint density at radius 1 is 1.06 bits per heavy atom. The SMILES string of the molecule is O=C1NCCCC12CCCN2Cc1ccccc1OCCCN1CCOCC1.O=CO.O=CO. The zero-order valence-electron chi connectivity index (χ0n) is 19.7. The van der Waals surface area contributed by atoms with Crippen LogP contribution in [0.25, 0.3) is 0 Å². The normalized spacial score (nSPS) is 22.5. The van der Waals surface area contributed by atoms with E-state index in [0.29, 0.717) is 0 Å². The van der Waals surface area contributed by atoms with E-state index in [1.54, 1.807) is 0 Å². The number of likely N-dealkylation sites (tertiary alicyclic amines) is 1. The average molecular weight is 480 g/mol. The Balaban J connectivity index is 0.000000618. The van der Waals surface area contributed by atoms with Crippen molar-refractivity contribution in [1.29, 1.82) is 0 Å². The molecule has 1 spiro atoms. The van der Waals surface area contributed by atoms with Crippen molar-refractivity contribution in [1.82, 2.24) is 15.1 Å². The van der Waals surface area contributed by atoms with Gasteiger partial charge in [-0.2, -0.15) is 0 Å². The first kappa shape index (κ1) is 27.6. The Hall–Kier alpha value is -2.69. The molecule has 3 aliphatic heterocycles. The van der Waals surface area contributed by atoms with Crippen LogP contribution in [0.2, 0.25) is 0 Å². The fourth-order valence-corrected chi connectivity index (χ4v) is 4.84. The molecule has 0 aliphatic carbocycles. The summed E-state index contributed by atoms with van der Waals surface area (Å²) in [4.78, 5) is 34.2. The predicted octanol–water partition coefficient (Wildman–Crippen LogP) is 1.43. The maximum Gasteiger partial charge on any atom is 0.290 e. The number of benzene rings is 1. The molecule has 3 heterocycles. The maximum absolute atomic E-state index is 12.7. The highest BCUT2D eigenvalue weighted by Crippen LogP contribution is 2.37. The highest BCUT2D eigenvalue weighted by atomic mass is 16.5. The monoisotopic (exact) mass is 479 g/mol. The largest absolute Gasteiger partial charge is 0.493 e. The van der Waals surface area contributed by atoms with Gasteiger partial charge in [-0.15, -0.1) is 0 Å². The number of piperidine rings is 1. The summed E-state index contributed by atoms with van der Waals surface area (Å²) >= 11 is 0. The lowest BCUT2D eigenvalue weighted by Gasteiger charge is -2.40. The van der Waals surface area contributed by atoms with Crippen LogP contribution in [0.1, 0.15) is 37.7 Å². The second-order valence-corrected chi connectivity index (χ2v) is 8.39. The number of morpholine rings is 1. The molecular weight excluding hydrogens is 442 g/mol. The van der Waals surface area contributed by atoms with Crippen LogP contribution in [0.15, 0.2) is 24.3 Å². The molecule has 3 saturated heterocycles. The van der Waals surface area contributed by atoms with Crippen molar-refractivity contribution < 1.29 is 34.1 Å². The number of nitrogens with zero attached hydrogens (tertiary/aromatic N) is 2. The summed E-state index contributed by atoms with van der Waals surface area (Å²) in [6.45, 7) is 7.60. The lowest BCUT2D eigenvalue weighted by Crippen LogP contribution is -2.58. The summed E-state index contributed by atoms with van der Waals surface area (Å²) < 4.78 is 11.6. The summed E-state index contributed by atoms with van der Waals surface area (Å²) in [5, 5.41) is 16.9. The lowest BCUT2D eigenvalue weighted by molar-refractivity contribution is -0.135. The molecule has 3 N–H and O–H groups in total. The van der Waals surface area contributed by atoms with E-state index in [1.807, 2.05) is 6.07 Å². The van der Waals surface area contributed by atoms with Gasteiger partial charge >= 0.3 is 0 Å². The number of amides is 1. The van der Waals surface area contributed by atoms with Crippen LogP contribution in [0.3, 0.4) is 0 Å². The van der Waals surface area contributed by atoms with Crippen molar-refractivity contribution >= 4 is 18.9 Å². The number of carboxylic acid groups (broad SMARTS) is 2. The second-order valence-electron chi connectivity index (χ2n) is 8.39. The molecule has 10 heteroatoms. The predicted molar refractivity (Wildman–Crippen MR) is 126 cm³/mol. The summed E-state index contributed by atoms with van der Waals surface area (Å²) in [6, 6.07) is 8.31. The van der Waals surface area contributed by atoms with E-state index in [1.165, 1.54) is 5.56 Å². The van der Waals surface area contributed by atoms with Crippen molar-refractivity contribution in [2.75, 3.05) is 52.5 Å². The highest BCUT2D eigenvalue weighted by molar-refractivity contribution is 5.87. The van der Waals surface area contributed by atoms with Crippen LogP contribution >= 0.6 is 0 Å². The third kappa shape index (κ3) is 7.96. The average Bonchev–Trinajstić information content (AvgIpc) is 3.24. The lowest BCUT2D eigenvalue weighted by atomic mass is 9.86. The molecule has 3 fully saturated rings. The number of hydrogen-bond donors (Lipinski definition) is 3. The zero-order chi connectivity index (χ0) is 24.7. The van der Waals surface area contributed by atoms with Crippen molar-refractivity contribution in [3.8, 4) is 5.75 Å². The molecular formula is C24H37N3O7. The molecule has 3 aliphatic rings. The van der Waals surface area contributed by atoms with Crippen LogP contribution in [-0.2, 0) is 25.7 Å². The number of carbonyl (C=O) groups excluding carboxylic acids is 1. The molecule has 190 valence electrons. The van der Waals surface area contributed by atoms with Gasteiger partial charge in [-0.1, -0.05) is 18.2 Å². The van der Waals surface area contributed by atoms with E-state index in [-0.39, 0.29) is 24.4 Å². The van der Waals surface area contributed by atoms with E-state index in [9.17, 15) is 4.79 Å². The van der Waals surface area contributed by atoms with Crippen molar-refractivity contribution in [2.45, 2.75) is 44.2 Å². The van der Waals surface area contributed by atoms with Crippen LogP contribution in [0.5, 0.6) is 5.75 Å². The van der Waals surface area contributed by atoms with E-state index < -0.39 is 0 Å². The van der Waals surface area contributed by atoms with Crippen LogP contribution in [0.4, 0.5) is 0 Å². The van der Waals surface area contributed by atoms with E-state index in [4.69, 9.17) is 29.3 Å². The fourth-order valence-electron chi connectivity index (χ4n) is 4.84. The quantitative estimate of drug-likeness (QED) is 0.393. The molecule has 0 radical (unpaired) electrons. The Bertz CT molecular complexity index is 752. The number of hydrogen-bond acceptors (Lipinski definition) is 7. The number of rotatable bonds is 7. The number of nitrogens with one attached hydrogen (secondary N) is 1. The van der Waals surface area contributed by atoms with Gasteiger partial charge in [0.1, 0.15) is 11.3 Å². The minimum absolute atomic E-state index is 0.222. The molecule has 10 nitrogen and oxygen atoms in total. The topological polar surface area (TPSA) is 129 Å². The Morgan fingerprint density at radius 2 is 1.74 bits per heavy atom. The van der Waals surface area contributed by atoms with Crippen LogP contribution < -0.4 is 10.1 Å². The van der Waals surface area contributed by atoms with Crippen molar-refractivity contribution in [3.63, 3.8) is 0 Å². The minimum Gasteiger partial charge on any atom is -0.493 e. The van der Waals surface area contributed by atoms with Crippen molar-refractivity contribution in [2.24, 2.45) is 0 Å². The summed E-state index contributed by atoms with van der Waals surface area (Å²) in [5.74, 6) is 1.18. The molecule has 0 saturated carbocycles. The molecule has 1 atom stereocenters. The first-order chi connectivity index (χ1) is 16.6. The summed E-state index contributed by atoms with van der Waals surface area (Å²) in [7, 11) is 0. The van der Waals surface area contributed by atoms with E-state index in [0.717, 1.165) is 96.9 Å². The number of ether oxygens (including phenoxy) is 2. The van der Waals surface area contributed by atoms with Crippen LogP contribution in [-0.4, -0.2) is 96.9 Å². The summed E-state index contributed by atoms with van der Waals surface area (Å²) in [5.41, 5.74) is 0.885. The van der Waals surface area contributed by atoms with Gasteiger partial charge in [0.25, 0.3) is 12.9 Å². The molecule has 0 bridgehead atoms. The first-order valence-electron chi connectivity index (χ1n) is 11.8. The molecule has 1 aromatic carbocycles. The van der Waals surface area contributed by atoms with Gasteiger partial charge in [-0.3, -0.25) is 24.2 Å². The number of carbonyl (C=O) groups is 3. The molecule has 0 aromatic heterocycles. The van der Waals surface area contributed by atoms with Crippen molar-refractivity contribution in [3.05, 3.63) is 29.8 Å². The Kier molecular flexibility index (Phi) is 12.4. The van der Waals surface area contributed by atoms with Gasteiger partial charge in [-0.25, -0.2) is 0 Å².